The highest BCUT2D eigenvalue weighted by Gasteiger charge is 2.55. The van der Waals surface area contributed by atoms with E-state index in [4.69, 9.17) is 9.47 Å². The third-order valence-corrected chi connectivity index (χ3v) is 6.50. The van der Waals surface area contributed by atoms with Gasteiger partial charge in [0.05, 0.1) is 13.7 Å². The minimum Gasteiger partial charge on any atom is -0.496 e. The molecule has 0 aromatic heterocycles. The second-order valence-corrected chi connectivity index (χ2v) is 8.42. The van der Waals surface area contributed by atoms with Gasteiger partial charge in [-0.3, -0.25) is 0 Å². The summed E-state index contributed by atoms with van der Waals surface area (Å²) in [4.78, 5) is 0. The van der Waals surface area contributed by atoms with Gasteiger partial charge in [0.1, 0.15) is 5.75 Å². The number of halogens is 5. The quantitative estimate of drug-likeness (QED) is 0.563. The molecule has 4 nitrogen and oxygen atoms in total. The van der Waals surface area contributed by atoms with Crippen molar-refractivity contribution >= 4 is 24.8 Å². The lowest BCUT2D eigenvalue weighted by atomic mass is 9.85. The Morgan fingerprint density at radius 2 is 1.91 bits per heavy atom. The summed E-state index contributed by atoms with van der Waals surface area (Å²) >= 11 is 0. The van der Waals surface area contributed by atoms with Gasteiger partial charge in [0.15, 0.2) is 5.60 Å². The van der Waals surface area contributed by atoms with E-state index in [0.29, 0.717) is 29.8 Å². The van der Waals surface area contributed by atoms with E-state index in [1.54, 1.807) is 19.2 Å². The Bertz CT molecular complexity index is 915. The van der Waals surface area contributed by atoms with Crippen LogP contribution >= 0.6 is 24.8 Å². The molecule has 0 aliphatic carbocycles. The van der Waals surface area contributed by atoms with Crippen molar-refractivity contribution < 1.29 is 22.6 Å². The van der Waals surface area contributed by atoms with Gasteiger partial charge in [-0.05, 0) is 61.6 Å². The van der Waals surface area contributed by atoms with E-state index in [-0.39, 0.29) is 49.1 Å². The monoisotopic (exact) mass is 506 g/mol. The molecule has 1 unspecified atom stereocenters. The molecule has 0 radical (unpaired) electrons. The number of hydrogen-bond acceptors (Lipinski definition) is 4. The largest absolute Gasteiger partial charge is 0.496 e. The first-order valence-corrected chi connectivity index (χ1v) is 10.8. The van der Waals surface area contributed by atoms with Crippen LogP contribution in [-0.4, -0.2) is 32.5 Å². The number of methoxy groups -OCH3 is 1. The maximum Gasteiger partial charge on any atom is 0.421 e. The number of alkyl halides is 3. The second kappa shape index (κ2) is 11.3. The van der Waals surface area contributed by atoms with Gasteiger partial charge in [0.25, 0.3) is 0 Å². The molecule has 3 atom stereocenters. The van der Waals surface area contributed by atoms with E-state index in [1.165, 1.54) is 5.56 Å². The van der Waals surface area contributed by atoms with Gasteiger partial charge < -0.3 is 20.1 Å². The third-order valence-electron chi connectivity index (χ3n) is 6.50. The van der Waals surface area contributed by atoms with Gasteiger partial charge in [0.2, 0.25) is 0 Å². The Kier molecular flexibility index (Phi) is 9.48. The van der Waals surface area contributed by atoms with Gasteiger partial charge in [0, 0.05) is 24.2 Å². The standard InChI is InChI=1S/C24H29F3N2O2.2ClH/c1-23(24(25,26)27)19-13-18(21(30-2)14-17(19)10-12-31-23)15-29-20-9-6-11-28-22(20)16-7-4-3-5-8-16;;/h3-5,7-8,13-14,20,22,28-29H,6,9-12,15H2,1-2H3;2*1H/t20-,22-,23?;;/m0../s1. The van der Waals surface area contributed by atoms with Gasteiger partial charge in [-0.2, -0.15) is 13.2 Å². The highest BCUT2D eigenvalue weighted by atomic mass is 35.5. The van der Waals surface area contributed by atoms with Crippen LogP contribution in [0.4, 0.5) is 13.2 Å². The molecule has 4 rings (SSSR count). The summed E-state index contributed by atoms with van der Waals surface area (Å²) in [7, 11) is 1.56. The van der Waals surface area contributed by atoms with Crippen LogP contribution in [0.5, 0.6) is 5.75 Å². The van der Waals surface area contributed by atoms with Crippen LogP contribution in [-0.2, 0) is 23.3 Å². The van der Waals surface area contributed by atoms with E-state index < -0.39 is 11.8 Å². The van der Waals surface area contributed by atoms with Gasteiger partial charge >= 0.3 is 6.18 Å². The van der Waals surface area contributed by atoms with E-state index in [2.05, 4.69) is 22.8 Å². The molecule has 2 aliphatic heterocycles. The van der Waals surface area contributed by atoms with Crippen molar-refractivity contribution in [3.8, 4) is 5.75 Å². The second-order valence-electron chi connectivity index (χ2n) is 8.42. The first-order valence-electron chi connectivity index (χ1n) is 10.8. The lowest BCUT2D eigenvalue weighted by Gasteiger charge is -2.38. The Hall–Kier alpha value is -1.51. The van der Waals surface area contributed by atoms with Crippen LogP contribution in [0.2, 0.25) is 0 Å². The number of nitrogens with one attached hydrogen (secondary N) is 2. The summed E-state index contributed by atoms with van der Waals surface area (Å²) in [5, 5.41) is 7.14. The van der Waals surface area contributed by atoms with Gasteiger partial charge in [-0.1, -0.05) is 30.3 Å². The van der Waals surface area contributed by atoms with E-state index in [1.807, 2.05) is 18.2 Å². The van der Waals surface area contributed by atoms with Crippen LogP contribution < -0.4 is 15.4 Å². The molecule has 33 heavy (non-hydrogen) atoms. The molecule has 2 aliphatic rings. The highest BCUT2D eigenvalue weighted by molar-refractivity contribution is 5.85. The Morgan fingerprint density at radius 3 is 2.58 bits per heavy atom. The fourth-order valence-electron chi connectivity index (χ4n) is 4.68. The van der Waals surface area contributed by atoms with Crippen molar-refractivity contribution in [2.75, 3.05) is 20.3 Å². The molecule has 1 saturated heterocycles. The smallest absolute Gasteiger partial charge is 0.421 e. The Labute approximate surface area is 205 Å². The van der Waals surface area contributed by atoms with Crippen LogP contribution in [0.15, 0.2) is 42.5 Å². The summed E-state index contributed by atoms with van der Waals surface area (Å²) in [5.74, 6) is 0.609. The minimum absolute atomic E-state index is 0. The number of ether oxygens (including phenoxy) is 2. The SMILES string of the molecule is COc1cc2c(cc1CN[C@H]1CCCN[C@H]1c1ccccc1)C(C)(C(F)(F)F)OCC2.Cl.Cl. The summed E-state index contributed by atoms with van der Waals surface area (Å²) < 4.78 is 52.4. The molecule has 0 spiro atoms. The van der Waals surface area contributed by atoms with Crippen molar-refractivity contribution in [1.82, 2.24) is 10.6 Å². The summed E-state index contributed by atoms with van der Waals surface area (Å²) in [6, 6.07) is 13.9. The normalized spacial score (nSPS) is 24.8. The van der Waals surface area contributed by atoms with Crippen molar-refractivity contribution in [1.29, 1.82) is 0 Å². The van der Waals surface area contributed by atoms with Crippen molar-refractivity contribution in [3.63, 3.8) is 0 Å². The fourth-order valence-corrected chi connectivity index (χ4v) is 4.68. The molecule has 0 saturated carbocycles. The topological polar surface area (TPSA) is 42.5 Å². The van der Waals surface area contributed by atoms with E-state index >= 15 is 0 Å². The number of fused-ring (bicyclic) bond motifs is 1. The average molecular weight is 507 g/mol. The summed E-state index contributed by atoms with van der Waals surface area (Å²) in [5.41, 5.74) is 0.425. The highest BCUT2D eigenvalue weighted by Crippen LogP contribution is 2.47. The summed E-state index contributed by atoms with van der Waals surface area (Å²) in [6.07, 6.45) is -2.02. The molecule has 184 valence electrons. The lowest BCUT2D eigenvalue weighted by Crippen LogP contribution is -2.46. The molecule has 9 heteroatoms. The maximum absolute atomic E-state index is 13.9. The Morgan fingerprint density at radius 1 is 1.18 bits per heavy atom. The fraction of sp³-hybridized carbons (Fsp3) is 0.500. The number of rotatable bonds is 5. The predicted octanol–water partition coefficient (Wildman–Crippen LogP) is 5.47. The predicted molar refractivity (Wildman–Crippen MR) is 128 cm³/mol. The first-order chi connectivity index (χ1) is 14.8. The number of benzene rings is 2. The van der Waals surface area contributed by atoms with Crippen LogP contribution in [0.3, 0.4) is 0 Å². The molecule has 0 amide bonds. The molecule has 1 fully saturated rings. The first kappa shape index (κ1) is 27.7. The third kappa shape index (κ3) is 5.60. The van der Waals surface area contributed by atoms with Crippen LogP contribution in [0, 0.1) is 0 Å². The molecule has 2 aromatic rings. The van der Waals surface area contributed by atoms with Crippen LogP contribution in [0.1, 0.15) is 48.1 Å². The zero-order valence-electron chi connectivity index (χ0n) is 18.7. The molecule has 2 N–H and O–H groups in total. The maximum atomic E-state index is 13.9. The average Bonchev–Trinajstić information content (AvgIpc) is 2.77. The minimum atomic E-state index is -4.49. The van der Waals surface area contributed by atoms with Crippen LogP contribution in [0.25, 0.3) is 0 Å². The number of piperidine rings is 1. The van der Waals surface area contributed by atoms with Crippen molar-refractivity contribution in [2.24, 2.45) is 0 Å². The lowest BCUT2D eigenvalue weighted by molar-refractivity contribution is -0.281. The number of hydrogen-bond donors (Lipinski definition) is 2. The van der Waals surface area contributed by atoms with E-state index in [9.17, 15) is 13.2 Å². The zero-order valence-corrected chi connectivity index (χ0v) is 20.3. The van der Waals surface area contributed by atoms with Gasteiger partial charge in [-0.25, -0.2) is 0 Å². The molecule has 2 aromatic carbocycles. The summed E-state index contributed by atoms with van der Waals surface area (Å²) in [6.45, 7) is 2.52. The van der Waals surface area contributed by atoms with Crippen molar-refractivity contribution in [3.05, 3.63) is 64.7 Å². The van der Waals surface area contributed by atoms with E-state index in [0.717, 1.165) is 26.3 Å². The molecule has 0 bridgehead atoms. The zero-order chi connectivity index (χ0) is 22.1. The Balaban J connectivity index is 0.00000193. The van der Waals surface area contributed by atoms with Gasteiger partial charge in [-0.15, -0.1) is 24.8 Å². The molecule has 2 heterocycles. The molecular formula is C24H31Cl2F3N2O2. The van der Waals surface area contributed by atoms with Crippen molar-refractivity contribution in [2.45, 2.75) is 56.6 Å². The molecular weight excluding hydrogens is 476 g/mol.